The Morgan fingerprint density at radius 2 is 2.55 bits per heavy atom. The molecule has 0 spiro atoms. The normalized spacial score (nSPS) is 10.0. The van der Waals surface area contributed by atoms with E-state index in [2.05, 4.69) is 15.5 Å². The number of aromatic nitrogens is 2. The lowest BCUT2D eigenvalue weighted by molar-refractivity contribution is 0.210. The van der Waals surface area contributed by atoms with Crippen molar-refractivity contribution in [3.05, 3.63) is 11.8 Å². The molecule has 4 heteroatoms. The largest absolute Gasteiger partial charge is 0.383 e. The molecule has 62 valence electrons. The van der Waals surface area contributed by atoms with Crippen LogP contribution in [0.1, 0.15) is 5.69 Å². The zero-order valence-corrected chi connectivity index (χ0v) is 6.85. The van der Waals surface area contributed by atoms with Crippen molar-refractivity contribution in [1.29, 1.82) is 0 Å². The van der Waals surface area contributed by atoms with E-state index in [0.29, 0.717) is 6.61 Å². The van der Waals surface area contributed by atoms with Crippen molar-refractivity contribution in [1.82, 2.24) is 10.2 Å². The number of anilines is 1. The summed E-state index contributed by atoms with van der Waals surface area (Å²) in [6.07, 6.45) is 0. The van der Waals surface area contributed by atoms with Crippen molar-refractivity contribution in [3.8, 4) is 0 Å². The monoisotopic (exact) mass is 155 g/mol. The van der Waals surface area contributed by atoms with Gasteiger partial charge in [-0.05, 0) is 6.92 Å². The number of nitrogens with one attached hydrogen (secondary N) is 2. The molecule has 11 heavy (non-hydrogen) atoms. The average molecular weight is 155 g/mol. The van der Waals surface area contributed by atoms with E-state index in [9.17, 15) is 0 Å². The number of H-pyrrole nitrogens is 1. The van der Waals surface area contributed by atoms with E-state index < -0.39 is 0 Å². The molecule has 0 saturated heterocycles. The molecule has 1 aromatic heterocycles. The predicted octanol–water partition coefficient (Wildman–Crippen LogP) is 0.776. The minimum absolute atomic E-state index is 0.700. The van der Waals surface area contributed by atoms with E-state index in [1.807, 2.05) is 13.0 Å². The fourth-order valence-corrected chi connectivity index (χ4v) is 0.790. The third kappa shape index (κ3) is 2.59. The van der Waals surface area contributed by atoms with E-state index in [0.717, 1.165) is 18.1 Å². The van der Waals surface area contributed by atoms with Crippen molar-refractivity contribution in [2.45, 2.75) is 6.92 Å². The maximum atomic E-state index is 4.87. The van der Waals surface area contributed by atoms with Crippen LogP contribution in [0.4, 0.5) is 5.82 Å². The van der Waals surface area contributed by atoms with Crippen LogP contribution in [-0.2, 0) is 4.74 Å². The lowest BCUT2D eigenvalue weighted by Gasteiger charge is -1.99. The Kier molecular flexibility index (Phi) is 2.92. The Bertz CT molecular complexity index is 209. The number of ether oxygens (including phenoxy) is 1. The zero-order valence-electron chi connectivity index (χ0n) is 6.85. The highest BCUT2D eigenvalue weighted by Gasteiger charge is 1.93. The summed E-state index contributed by atoms with van der Waals surface area (Å²) in [5.74, 6) is 0.875. The molecular weight excluding hydrogens is 142 g/mol. The van der Waals surface area contributed by atoms with Gasteiger partial charge in [-0.25, -0.2) is 0 Å². The second-order valence-electron chi connectivity index (χ2n) is 2.36. The van der Waals surface area contributed by atoms with Gasteiger partial charge in [0, 0.05) is 25.4 Å². The first kappa shape index (κ1) is 8.07. The number of hydrogen-bond acceptors (Lipinski definition) is 3. The molecular formula is C7H13N3O. The topological polar surface area (TPSA) is 49.9 Å². The standard InChI is InChI=1S/C7H13N3O/c1-6-5-7(10-9-6)8-3-4-11-2/h5H,3-4H2,1-2H3,(H2,8,9,10). The molecule has 0 aliphatic carbocycles. The van der Waals surface area contributed by atoms with Crippen LogP contribution in [0.25, 0.3) is 0 Å². The van der Waals surface area contributed by atoms with Crippen molar-refractivity contribution >= 4 is 5.82 Å². The number of nitrogens with zero attached hydrogens (tertiary/aromatic N) is 1. The summed E-state index contributed by atoms with van der Waals surface area (Å²) in [7, 11) is 1.68. The van der Waals surface area contributed by atoms with Crippen LogP contribution in [0.3, 0.4) is 0 Å². The van der Waals surface area contributed by atoms with Crippen molar-refractivity contribution in [2.24, 2.45) is 0 Å². The van der Waals surface area contributed by atoms with Gasteiger partial charge in [0.1, 0.15) is 5.82 Å². The van der Waals surface area contributed by atoms with Crippen LogP contribution in [0, 0.1) is 6.92 Å². The molecule has 0 bridgehead atoms. The molecule has 0 amide bonds. The quantitative estimate of drug-likeness (QED) is 0.631. The molecule has 0 radical (unpaired) electrons. The molecule has 0 unspecified atom stereocenters. The predicted molar refractivity (Wildman–Crippen MR) is 43.7 cm³/mol. The maximum Gasteiger partial charge on any atom is 0.148 e. The van der Waals surface area contributed by atoms with Gasteiger partial charge in [0.05, 0.1) is 6.61 Å². The lowest BCUT2D eigenvalue weighted by Crippen LogP contribution is -2.07. The Balaban J connectivity index is 2.27. The van der Waals surface area contributed by atoms with Gasteiger partial charge in [-0.15, -0.1) is 0 Å². The molecule has 1 heterocycles. The van der Waals surface area contributed by atoms with E-state index >= 15 is 0 Å². The van der Waals surface area contributed by atoms with Crippen LogP contribution in [0.15, 0.2) is 6.07 Å². The first-order valence-corrected chi connectivity index (χ1v) is 3.58. The minimum Gasteiger partial charge on any atom is -0.383 e. The van der Waals surface area contributed by atoms with Crippen LogP contribution in [-0.4, -0.2) is 30.5 Å². The van der Waals surface area contributed by atoms with E-state index in [4.69, 9.17) is 4.74 Å². The van der Waals surface area contributed by atoms with Gasteiger partial charge in [-0.1, -0.05) is 0 Å². The highest BCUT2D eigenvalue weighted by atomic mass is 16.5. The summed E-state index contributed by atoms with van der Waals surface area (Å²) in [5, 5.41) is 9.94. The summed E-state index contributed by atoms with van der Waals surface area (Å²) >= 11 is 0. The lowest BCUT2D eigenvalue weighted by atomic mass is 10.5. The van der Waals surface area contributed by atoms with Gasteiger partial charge in [0.15, 0.2) is 0 Å². The molecule has 4 nitrogen and oxygen atoms in total. The number of aromatic amines is 1. The average Bonchev–Trinajstić information content (AvgIpc) is 2.37. The first-order chi connectivity index (χ1) is 5.33. The Morgan fingerprint density at radius 3 is 3.09 bits per heavy atom. The number of aryl methyl sites for hydroxylation is 1. The summed E-state index contributed by atoms with van der Waals surface area (Å²) in [6.45, 7) is 3.46. The summed E-state index contributed by atoms with van der Waals surface area (Å²) < 4.78 is 4.87. The Labute approximate surface area is 66.0 Å². The summed E-state index contributed by atoms with van der Waals surface area (Å²) in [6, 6.07) is 1.95. The molecule has 0 saturated carbocycles. The van der Waals surface area contributed by atoms with Gasteiger partial charge in [-0.3, -0.25) is 5.10 Å². The van der Waals surface area contributed by atoms with Crippen LogP contribution < -0.4 is 5.32 Å². The maximum absolute atomic E-state index is 4.87. The van der Waals surface area contributed by atoms with E-state index in [-0.39, 0.29) is 0 Å². The smallest absolute Gasteiger partial charge is 0.148 e. The molecule has 1 aromatic rings. The number of rotatable bonds is 4. The van der Waals surface area contributed by atoms with Crippen molar-refractivity contribution in [3.63, 3.8) is 0 Å². The van der Waals surface area contributed by atoms with Gasteiger partial charge in [0.25, 0.3) is 0 Å². The van der Waals surface area contributed by atoms with E-state index in [1.165, 1.54) is 0 Å². The third-order valence-corrected chi connectivity index (χ3v) is 1.32. The highest BCUT2D eigenvalue weighted by molar-refractivity contribution is 5.34. The van der Waals surface area contributed by atoms with Crippen LogP contribution >= 0.6 is 0 Å². The molecule has 0 fully saturated rings. The van der Waals surface area contributed by atoms with Crippen LogP contribution in [0.5, 0.6) is 0 Å². The van der Waals surface area contributed by atoms with E-state index in [1.54, 1.807) is 7.11 Å². The molecule has 1 rings (SSSR count). The van der Waals surface area contributed by atoms with Gasteiger partial charge >= 0.3 is 0 Å². The molecule has 0 aliphatic heterocycles. The summed E-state index contributed by atoms with van der Waals surface area (Å²) in [5.41, 5.74) is 1.06. The van der Waals surface area contributed by atoms with Gasteiger partial charge in [-0.2, -0.15) is 5.10 Å². The fourth-order valence-electron chi connectivity index (χ4n) is 0.790. The van der Waals surface area contributed by atoms with Crippen molar-refractivity contribution < 1.29 is 4.74 Å². The fraction of sp³-hybridized carbons (Fsp3) is 0.571. The minimum atomic E-state index is 0.700. The molecule has 0 aromatic carbocycles. The first-order valence-electron chi connectivity index (χ1n) is 3.58. The number of hydrogen-bond donors (Lipinski definition) is 2. The molecule has 0 aliphatic rings. The molecule has 0 atom stereocenters. The molecule has 2 N–H and O–H groups in total. The number of methoxy groups -OCH3 is 1. The highest BCUT2D eigenvalue weighted by Crippen LogP contribution is 2.01. The second kappa shape index (κ2) is 3.98. The third-order valence-electron chi connectivity index (χ3n) is 1.32. The van der Waals surface area contributed by atoms with Crippen molar-refractivity contribution in [2.75, 3.05) is 25.6 Å². The van der Waals surface area contributed by atoms with Crippen LogP contribution in [0.2, 0.25) is 0 Å². The summed E-state index contributed by atoms with van der Waals surface area (Å²) in [4.78, 5) is 0. The zero-order chi connectivity index (χ0) is 8.10. The van der Waals surface area contributed by atoms with Gasteiger partial charge < -0.3 is 10.1 Å². The Hall–Kier alpha value is -1.03. The van der Waals surface area contributed by atoms with Gasteiger partial charge in [0.2, 0.25) is 0 Å². The SMILES string of the molecule is COCCNc1cc(C)[nH]n1. The Morgan fingerprint density at radius 1 is 1.73 bits per heavy atom. The second-order valence-corrected chi connectivity index (χ2v) is 2.36.